The molecule has 1 aliphatic heterocycles. The van der Waals surface area contributed by atoms with E-state index in [1.165, 1.54) is 13.8 Å². The maximum atomic E-state index is 11.5. The molecule has 10 heteroatoms. The van der Waals surface area contributed by atoms with E-state index in [-0.39, 0.29) is 21.6 Å². The van der Waals surface area contributed by atoms with Gasteiger partial charge >= 0.3 is 156 Å². The zero-order valence-corrected chi connectivity index (χ0v) is 15.9. The summed E-state index contributed by atoms with van der Waals surface area (Å²) in [7, 11) is 0. The van der Waals surface area contributed by atoms with Crippen molar-refractivity contribution >= 4 is 31.4 Å². The van der Waals surface area contributed by atoms with E-state index >= 15 is 0 Å². The van der Waals surface area contributed by atoms with Crippen LogP contribution in [0.25, 0.3) is 10.4 Å². The predicted octanol–water partition coefficient (Wildman–Crippen LogP) is 0.276. The molecule has 26 heavy (non-hydrogen) atoms. The molecule has 0 aliphatic carbocycles. The number of azide groups is 1. The van der Waals surface area contributed by atoms with Crippen molar-refractivity contribution < 1.29 is 28.9 Å². The molecule has 0 aromatic heterocycles. The minimum absolute atomic E-state index is 0.196. The second kappa shape index (κ2) is 9.56. The van der Waals surface area contributed by atoms with Crippen molar-refractivity contribution in [3.05, 3.63) is 40.8 Å². The molecule has 1 fully saturated rings. The second-order valence-corrected chi connectivity index (χ2v) is 7.99. The van der Waals surface area contributed by atoms with E-state index in [1.807, 2.05) is 30.3 Å². The zero-order chi connectivity index (χ0) is 19.1. The number of esters is 2. The quantitative estimate of drug-likeness (QED) is 0.228. The van der Waals surface area contributed by atoms with Crippen LogP contribution >= 0.6 is 0 Å². The van der Waals surface area contributed by atoms with Gasteiger partial charge in [0.25, 0.3) is 0 Å². The van der Waals surface area contributed by atoms with Gasteiger partial charge in [0.1, 0.15) is 0 Å². The molecule has 0 unspecified atom stereocenters. The summed E-state index contributed by atoms with van der Waals surface area (Å²) in [6.45, 7) is 2.25. The summed E-state index contributed by atoms with van der Waals surface area (Å²) in [6, 6.07) is 8.54. The van der Waals surface area contributed by atoms with Gasteiger partial charge < -0.3 is 0 Å². The number of hydrogen-bond acceptors (Lipinski definition) is 7. The SMILES string of the molecule is CC(=O)OC[C@H]1O[C@H]([Se]c2ccccc2)[C@H](N=[N+]=[N-])[C@@H](OC(C)=O)[C@@H]1O. The Bertz CT molecular complexity index is 682. The van der Waals surface area contributed by atoms with E-state index in [1.54, 1.807) is 0 Å². The van der Waals surface area contributed by atoms with E-state index in [4.69, 9.17) is 19.7 Å². The second-order valence-electron chi connectivity index (χ2n) is 5.54. The van der Waals surface area contributed by atoms with Crippen LogP contribution in [-0.2, 0) is 23.8 Å². The van der Waals surface area contributed by atoms with Crippen molar-refractivity contribution in [2.75, 3.05) is 6.61 Å². The van der Waals surface area contributed by atoms with Gasteiger partial charge in [0.2, 0.25) is 0 Å². The molecule has 0 radical (unpaired) electrons. The van der Waals surface area contributed by atoms with Gasteiger partial charge in [0.05, 0.1) is 0 Å². The first-order valence-electron chi connectivity index (χ1n) is 7.82. The van der Waals surface area contributed by atoms with Crippen molar-refractivity contribution in [3.63, 3.8) is 0 Å². The molecule has 1 heterocycles. The van der Waals surface area contributed by atoms with Crippen LogP contribution in [-0.4, -0.2) is 68.0 Å². The Balaban J connectivity index is 2.29. The fourth-order valence-electron chi connectivity index (χ4n) is 2.48. The van der Waals surface area contributed by atoms with Gasteiger partial charge in [-0.2, -0.15) is 0 Å². The number of carbonyl (C=O) groups excluding carboxylic acids is 2. The van der Waals surface area contributed by atoms with Crippen molar-refractivity contribution in [2.45, 2.75) is 43.2 Å². The molecule has 1 aromatic carbocycles. The zero-order valence-electron chi connectivity index (χ0n) is 14.2. The Morgan fingerprint density at radius 3 is 2.58 bits per heavy atom. The average Bonchev–Trinajstić information content (AvgIpc) is 2.59. The monoisotopic (exact) mass is 429 g/mol. The van der Waals surface area contributed by atoms with Gasteiger partial charge in [-0.1, -0.05) is 0 Å². The Morgan fingerprint density at radius 2 is 2.00 bits per heavy atom. The summed E-state index contributed by atoms with van der Waals surface area (Å²) >= 11 is -0.298. The third kappa shape index (κ3) is 5.45. The fraction of sp³-hybridized carbons (Fsp3) is 0.500. The number of nitrogens with zero attached hydrogens (tertiary/aromatic N) is 3. The molecule has 5 atom stereocenters. The molecule has 1 aliphatic rings. The van der Waals surface area contributed by atoms with Gasteiger partial charge in [-0.05, 0) is 0 Å². The van der Waals surface area contributed by atoms with E-state index < -0.39 is 41.3 Å². The van der Waals surface area contributed by atoms with Crippen LogP contribution in [0.5, 0.6) is 0 Å². The van der Waals surface area contributed by atoms with Gasteiger partial charge in [-0.15, -0.1) is 0 Å². The predicted molar refractivity (Wildman–Crippen MR) is 91.6 cm³/mol. The topological polar surface area (TPSA) is 131 Å². The summed E-state index contributed by atoms with van der Waals surface area (Å²) in [6.07, 6.45) is -3.28. The van der Waals surface area contributed by atoms with E-state index in [9.17, 15) is 14.7 Å². The molecular weight excluding hydrogens is 409 g/mol. The number of rotatable bonds is 6. The van der Waals surface area contributed by atoms with Crippen LogP contribution in [0.1, 0.15) is 13.8 Å². The molecular formula is C16H19N3O6Se. The summed E-state index contributed by atoms with van der Waals surface area (Å²) in [5.74, 6) is -1.14. The van der Waals surface area contributed by atoms with Crippen LogP contribution in [0.2, 0.25) is 0 Å². The summed E-state index contributed by atoms with van der Waals surface area (Å²) < 4.78 is 17.0. The fourth-order valence-corrected chi connectivity index (χ4v) is 4.85. The van der Waals surface area contributed by atoms with Gasteiger partial charge in [-0.3, -0.25) is 0 Å². The first-order chi connectivity index (χ1) is 12.4. The molecule has 2 rings (SSSR count). The molecule has 0 saturated carbocycles. The normalized spacial score (nSPS) is 27.9. The molecule has 140 valence electrons. The summed E-state index contributed by atoms with van der Waals surface area (Å²) in [5.41, 5.74) is 8.90. The summed E-state index contributed by atoms with van der Waals surface area (Å²) in [4.78, 5) is 25.3. The minimum atomic E-state index is -1.29. The standard InChI is InChI=1S/C16H19N3O6Se/c1-9(20)23-8-12-14(22)15(24-10(2)21)13(18-19-17)16(25-12)26-11-6-4-3-5-7-11/h3-7,12-16,22H,8H2,1-2H3/t12-,13-,14-,15-,16-/m1/s1. The van der Waals surface area contributed by atoms with E-state index in [2.05, 4.69) is 10.0 Å². The van der Waals surface area contributed by atoms with Crippen LogP contribution < -0.4 is 4.46 Å². The summed E-state index contributed by atoms with van der Waals surface area (Å²) in [5, 5.41) is 13.6. The van der Waals surface area contributed by atoms with Gasteiger partial charge in [0, 0.05) is 0 Å². The van der Waals surface area contributed by atoms with Crippen LogP contribution in [0, 0.1) is 0 Å². The molecule has 1 aromatic rings. The Labute approximate surface area is 156 Å². The number of carbonyl (C=O) groups is 2. The number of ether oxygens (including phenoxy) is 3. The molecule has 9 nitrogen and oxygen atoms in total. The van der Waals surface area contributed by atoms with Gasteiger partial charge in [-0.25, -0.2) is 0 Å². The van der Waals surface area contributed by atoms with Crippen molar-refractivity contribution in [2.24, 2.45) is 5.11 Å². The third-order valence-corrected chi connectivity index (χ3v) is 6.02. The number of aliphatic hydroxyl groups excluding tert-OH is 1. The first-order valence-corrected chi connectivity index (χ1v) is 9.67. The molecule has 1 saturated heterocycles. The number of benzene rings is 1. The third-order valence-electron chi connectivity index (χ3n) is 3.58. The van der Waals surface area contributed by atoms with Crippen LogP contribution in [0.15, 0.2) is 35.4 Å². The van der Waals surface area contributed by atoms with Crippen LogP contribution in [0.4, 0.5) is 0 Å². The van der Waals surface area contributed by atoms with Gasteiger partial charge in [0.15, 0.2) is 0 Å². The first kappa shape index (κ1) is 20.2. The van der Waals surface area contributed by atoms with Crippen molar-refractivity contribution in [1.82, 2.24) is 0 Å². The van der Waals surface area contributed by atoms with Crippen LogP contribution in [0.3, 0.4) is 0 Å². The Kier molecular flexibility index (Phi) is 7.44. The van der Waals surface area contributed by atoms with E-state index in [0.29, 0.717) is 0 Å². The van der Waals surface area contributed by atoms with Crippen molar-refractivity contribution in [1.29, 1.82) is 0 Å². The maximum absolute atomic E-state index is 11.5. The Morgan fingerprint density at radius 1 is 1.31 bits per heavy atom. The van der Waals surface area contributed by atoms with Crippen molar-refractivity contribution in [3.8, 4) is 0 Å². The molecule has 0 amide bonds. The van der Waals surface area contributed by atoms with E-state index in [0.717, 1.165) is 4.46 Å². The number of aliphatic hydroxyl groups is 1. The Hall–Kier alpha value is -2.09. The molecule has 0 spiro atoms. The molecule has 1 N–H and O–H groups in total. The number of hydrogen-bond donors (Lipinski definition) is 1. The average molecular weight is 428 g/mol. The molecule has 0 bridgehead atoms.